The summed E-state index contributed by atoms with van der Waals surface area (Å²) in [4.78, 5) is 0. The molecule has 0 spiro atoms. The van der Waals surface area contributed by atoms with Gasteiger partial charge in [0.25, 0.3) is 0 Å². The molecule has 3 heteroatoms. The fourth-order valence-corrected chi connectivity index (χ4v) is 0.869. The second-order valence-electron chi connectivity index (χ2n) is 1.71. The summed E-state index contributed by atoms with van der Waals surface area (Å²) in [6, 6.07) is 5.36. The molecule has 0 unspecified atom stereocenters. The van der Waals surface area contributed by atoms with Crippen molar-refractivity contribution < 1.29 is 19.5 Å². The Morgan fingerprint density at radius 2 is 1.80 bits per heavy atom. The summed E-state index contributed by atoms with van der Waals surface area (Å²) < 4.78 is 0. The van der Waals surface area contributed by atoms with E-state index in [0.717, 1.165) is 5.56 Å². The Morgan fingerprint density at radius 3 is 2.20 bits per heavy atom. The van der Waals surface area contributed by atoms with Crippen molar-refractivity contribution in [2.75, 3.05) is 0 Å². The second-order valence-corrected chi connectivity index (χ2v) is 2.50. The van der Waals surface area contributed by atoms with Crippen LogP contribution in [0.5, 0.6) is 0 Å². The molecule has 1 rings (SSSR count). The third-order valence-electron chi connectivity index (χ3n) is 1.03. The molecule has 0 N–H and O–H groups in total. The molecule has 0 aliphatic heterocycles. The molecule has 0 saturated heterocycles. The van der Waals surface area contributed by atoms with Crippen molar-refractivity contribution in [2.45, 2.75) is 0 Å². The minimum atomic E-state index is 0. The van der Waals surface area contributed by atoms with Gasteiger partial charge in [-0.15, -0.1) is 0 Å². The zero-order valence-corrected chi connectivity index (χ0v) is 9.88. The number of benzene rings is 1. The minimum Gasteiger partial charge on any atom is -0.0827 e. The van der Waals surface area contributed by atoms with Gasteiger partial charge < -0.3 is 0 Å². The van der Waals surface area contributed by atoms with E-state index in [4.69, 9.17) is 23.2 Å². The van der Waals surface area contributed by atoms with E-state index < -0.39 is 0 Å². The van der Waals surface area contributed by atoms with E-state index >= 15 is 0 Å². The van der Waals surface area contributed by atoms with Crippen molar-refractivity contribution in [1.82, 2.24) is 0 Å². The number of halogens is 2. The molecule has 1 aromatic carbocycles. The molecular weight excluding hydrogens is 220 g/mol. The van der Waals surface area contributed by atoms with Gasteiger partial charge in [-0.1, -0.05) is 35.3 Å². The third kappa shape index (κ3) is 2.23. The van der Waals surface area contributed by atoms with Crippen molar-refractivity contribution >= 4 is 23.2 Å². The van der Waals surface area contributed by atoms with Crippen molar-refractivity contribution in [3.05, 3.63) is 40.7 Å². The first kappa shape index (κ1) is 10.4. The second kappa shape index (κ2) is 4.33. The summed E-state index contributed by atoms with van der Waals surface area (Å²) in [5.41, 5.74) is 0.768. The fourth-order valence-electron chi connectivity index (χ4n) is 0.548. The first-order valence-corrected chi connectivity index (χ1v) is 3.23. The molecular formula is C7H5Cl2Zn. The molecule has 10 heavy (non-hydrogen) atoms. The summed E-state index contributed by atoms with van der Waals surface area (Å²) in [6.45, 7) is 3.66. The van der Waals surface area contributed by atoms with Crippen LogP contribution in [0, 0.1) is 6.92 Å². The van der Waals surface area contributed by atoms with Crippen LogP contribution in [0.1, 0.15) is 5.56 Å². The van der Waals surface area contributed by atoms with E-state index in [1.165, 1.54) is 0 Å². The van der Waals surface area contributed by atoms with Gasteiger partial charge in [0.1, 0.15) is 0 Å². The van der Waals surface area contributed by atoms with Crippen molar-refractivity contribution in [1.29, 1.82) is 0 Å². The van der Waals surface area contributed by atoms with Gasteiger partial charge >= 0.3 is 0 Å². The average Bonchev–Trinajstić information content (AvgIpc) is 1.83. The third-order valence-corrected chi connectivity index (χ3v) is 1.89. The van der Waals surface area contributed by atoms with E-state index in [9.17, 15) is 0 Å². The first-order chi connectivity index (χ1) is 4.22. The van der Waals surface area contributed by atoms with Crippen molar-refractivity contribution in [2.24, 2.45) is 0 Å². The molecule has 1 aromatic rings. The van der Waals surface area contributed by atoms with Crippen LogP contribution in [-0.2, 0) is 19.5 Å². The molecule has 0 amide bonds. The predicted octanol–water partition coefficient (Wildman–Crippen LogP) is 3.17. The SMILES string of the molecule is [CH2]c1cccc(Cl)c1Cl.[Zn]. The largest absolute Gasteiger partial charge is 0.0827 e. The number of rotatable bonds is 0. The van der Waals surface area contributed by atoms with Crippen LogP contribution in [0.3, 0.4) is 0 Å². The van der Waals surface area contributed by atoms with Crippen LogP contribution in [-0.4, -0.2) is 0 Å². The van der Waals surface area contributed by atoms with E-state index in [1.54, 1.807) is 6.07 Å². The first-order valence-electron chi connectivity index (χ1n) is 2.48. The predicted molar refractivity (Wildman–Crippen MR) is 40.9 cm³/mol. The van der Waals surface area contributed by atoms with E-state index in [1.807, 2.05) is 12.1 Å². The molecule has 0 heterocycles. The maximum Gasteiger partial charge on any atom is 0.0624 e. The van der Waals surface area contributed by atoms with E-state index in [2.05, 4.69) is 6.92 Å². The standard InChI is InChI=1S/C7H5Cl2.Zn/c1-5-3-2-4-6(8)7(5)9;/h2-4H,1H2;. The normalized spacial score (nSPS) is 8.70. The Hall–Kier alpha value is 0.423. The fraction of sp³-hybridized carbons (Fsp3) is 0. The van der Waals surface area contributed by atoms with Gasteiger partial charge in [0.2, 0.25) is 0 Å². The van der Waals surface area contributed by atoms with E-state index in [-0.39, 0.29) is 19.5 Å². The van der Waals surface area contributed by atoms with Gasteiger partial charge in [0.15, 0.2) is 0 Å². The zero-order chi connectivity index (χ0) is 6.85. The van der Waals surface area contributed by atoms with Crippen LogP contribution in [0.2, 0.25) is 10.0 Å². The molecule has 0 atom stereocenters. The Balaban J connectivity index is 0.000000810. The van der Waals surface area contributed by atoms with Crippen molar-refractivity contribution in [3.8, 4) is 0 Å². The molecule has 0 bridgehead atoms. The molecule has 0 saturated carbocycles. The Morgan fingerprint density at radius 1 is 1.20 bits per heavy atom. The summed E-state index contributed by atoms with van der Waals surface area (Å²) >= 11 is 11.3. The Labute approximate surface area is 83.3 Å². The van der Waals surface area contributed by atoms with Crippen molar-refractivity contribution in [3.63, 3.8) is 0 Å². The smallest absolute Gasteiger partial charge is 0.0624 e. The van der Waals surface area contributed by atoms with E-state index in [0.29, 0.717) is 10.0 Å². The van der Waals surface area contributed by atoms with Crippen LogP contribution in [0.4, 0.5) is 0 Å². The quantitative estimate of drug-likeness (QED) is 0.595. The summed E-state index contributed by atoms with van der Waals surface area (Å²) in [5, 5.41) is 1.10. The topological polar surface area (TPSA) is 0 Å². The molecule has 0 aromatic heterocycles. The number of hydrogen-bond donors (Lipinski definition) is 0. The minimum absolute atomic E-state index is 0. The molecule has 1 radical (unpaired) electrons. The van der Waals surface area contributed by atoms with Gasteiger partial charge in [-0.25, -0.2) is 0 Å². The van der Waals surface area contributed by atoms with Gasteiger partial charge in [0, 0.05) is 19.5 Å². The monoisotopic (exact) mass is 223 g/mol. The van der Waals surface area contributed by atoms with Crippen LogP contribution in [0.15, 0.2) is 18.2 Å². The molecule has 49 valence electrons. The molecule has 0 aliphatic rings. The summed E-state index contributed by atoms with van der Waals surface area (Å²) in [6.07, 6.45) is 0. The number of hydrogen-bond acceptors (Lipinski definition) is 0. The molecule has 0 aliphatic carbocycles. The molecule has 0 nitrogen and oxygen atoms in total. The Bertz CT molecular complexity index is 203. The van der Waals surface area contributed by atoms with Crippen LogP contribution >= 0.6 is 23.2 Å². The molecule has 0 fully saturated rings. The van der Waals surface area contributed by atoms with Gasteiger partial charge in [0.05, 0.1) is 10.0 Å². The van der Waals surface area contributed by atoms with Crippen LogP contribution < -0.4 is 0 Å². The zero-order valence-electron chi connectivity index (χ0n) is 5.40. The average molecular weight is 225 g/mol. The summed E-state index contributed by atoms with van der Waals surface area (Å²) in [7, 11) is 0. The van der Waals surface area contributed by atoms with Gasteiger partial charge in [-0.3, -0.25) is 0 Å². The van der Waals surface area contributed by atoms with Crippen LogP contribution in [0.25, 0.3) is 0 Å². The summed E-state index contributed by atoms with van der Waals surface area (Å²) in [5.74, 6) is 0. The van der Waals surface area contributed by atoms with Gasteiger partial charge in [-0.2, -0.15) is 0 Å². The maximum absolute atomic E-state index is 5.68. The Kier molecular flexibility index (Phi) is 4.52. The maximum atomic E-state index is 5.68. The van der Waals surface area contributed by atoms with Gasteiger partial charge in [-0.05, 0) is 18.6 Å².